The van der Waals surface area contributed by atoms with Crippen molar-refractivity contribution < 1.29 is 21.6 Å². The van der Waals surface area contributed by atoms with Crippen molar-refractivity contribution in [2.45, 2.75) is 6.18 Å². The Labute approximate surface area is 95.7 Å². The highest BCUT2D eigenvalue weighted by Gasteiger charge is 2.30. The normalized spacial score (nSPS) is 13.5. The minimum absolute atomic E-state index is 0.0933. The van der Waals surface area contributed by atoms with Crippen LogP contribution in [-0.2, 0) is 9.84 Å². The average molecular weight is 312 g/mol. The molecule has 0 saturated heterocycles. The lowest BCUT2D eigenvalue weighted by Crippen LogP contribution is -2.38. The first kappa shape index (κ1) is 15.2. The van der Waals surface area contributed by atoms with Crippen LogP contribution in [0.15, 0.2) is 0 Å². The molecule has 0 rings (SSSR count). The molecule has 0 spiro atoms. The maximum Gasteiger partial charge on any atom is 0.401 e. The Morgan fingerprint density at radius 1 is 1.27 bits per heavy atom. The summed E-state index contributed by atoms with van der Waals surface area (Å²) in [7, 11) is -3.22. The summed E-state index contributed by atoms with van der Waals surface area (Å²) in [6.45, 7) is -0.993. The molecule has 0 bridgehead atoms. The van der Waals surface area contributed by atoms with Crippen LogP contribution in [0.25, 0.3) is 0 Å². The van der Waals surface area contributed by atoms with E-state index in [4.69, 9.17) is 0 Å². The minimum Gasteiger partial charge on any atom is -0.293 e. The summed E-state index contributed by atoms with van der Waals surface area (Å²) >= 11 is 3.02. The fourth-order valence-corrected chi connectivity index (χ4v) is 2.03. The molecular formula is C7H13BrF3NO2S. The lowest BCUT2D eigenvalue weighted by Gasteiger charge is -2.22. The van der Waals surface area contributed by atoms with E-state index < -0.39 is 22.6 Å². The van der Waals surface area contributed by atoms with Gasteiger partial charge in [-0.1, -0.05) is 15.9 Å². The maximum atomic E-state index is 12.0. The average Bonchev–Trinajstić information content (AvgIpc) is 1.96. The predicted molar refractivity (Wildman–Crippen MR) is 56.0 cm³/mol. The summed E-state index contributed by atoms with van der Waals surface area (Å²) in [6.07, 6.45) is -3.29. The van der Waals surface area contributed by atoms with Gasteiger partial charge in [0.15, 0.2) is 0 Å². The maximum absolute atomic E-state index is 12.0. The molecule has 0 aliphatic carbocycles. The molecule has 0 fully saturated rings. The first-order valence-corrected chi connectivity index (χ1v) is 7.35. The van der Waals surface area contributed by atoms with E-state index in [1.165, 1.54) is 0 Å². The second kappa shape index (κ2) is 6.05. The third-order valence-corrected chi connectivity index (χ3v) is 2.86. The molecule has 3 nitrogen and oxygen atoms in total. The smallest absolute Gasteiger partial charge is 0.293 e. The van der Waals surface area contributed by atoms with Gasteiger partial charge in [0.05, 0.1) is 12.3 Å². The summed E-state index contributed by atoms with van der Waals surface area (Å²) in [5, 5.41) is 0.382. The van der Waals surface area contributed by atoms with Gasteiger partial charge in [-0.05, 0) is 0 Å². The Morgan fingerprint density at radius 3 is 2.13 bits per heavy atom. The quantitative estimate of drug-likeness (QED) is 0.694. The Bertz CT molecular complexity index is 278. The van der Waals surface area contributed by atoms with E-state index in [1.54, 1.807) is 0 Å². The summed E-state index contributed by atoms with van der Waals surface area (Å²) in [6, 6.07) is 0. The Morgan fingerprint density at radius 2 is 1.80 bits per heavy atom. The molecule has 0 saturated carbocycles. The zero-order chi connectivity index (χ0) is 12.1. The summed E-state index contributed by atoms with van der Waals surface area (Å²) in [4.78, 5) is 1.07. The van der Waals surface area contributed by atoms with Crippen LogP contribution in [0.5, 0.6) is 0 Å². The largest absolute Gasteiger partial charge is 0.401 e. The second-order valence-corrected chi connectivity index (χ2v) is 6.26. The van der Waals surface area contributed by atoms with Crippen molar-refractivity contribution in [3.8, 4) is 0 Å². The Kier molecular flexibility index (Phi) is 6.12. The molecular weight excluding hydrogens is 299 g/mol. The van der Waals surface area contributed by atoms with Crippen LogP contribution >= 0.6 is 15.9 Å². The van der Waals surface area contributed by atoms with Crippen LogP contribution in [0.1, 0.15) is 0 Å². The molecule has 0 aromatic heterocycles. The molecule has 0 radical (unpaired) electrons. The van der Waals surface area contributed by atoms with Gasteiger partial charge in [-0.25, -0.2) is 8.42 Å². The van der Waals surface area contributed by atoms with Crippen molar-refractivity contribution >= 4 is 25.8 Å². The summed E-state index contributed by atoms with van der Waals surface area (Å²) in [5.74, 6) is -0.254. The van der Waals surface area contributed by atoms with Gasteiger partial charge < -0.3 is 0 Å². The summed E-state index contributed by atoms with van der Waals surface area (Å²) < 4.78 is 57.7. The molecule has 8 heteroatoms. The Hall–Kier alpha value is 0.180. The lowest BCUT2D eigenvalue weighted by molar-refractivity contribution is -0.144. The van der Waals surface area contributed by atoms with Crippen LogP contribution < -0.4 is 0 Å². The molecule has 0 amide bonds. The van der Waals surface area contributed by atoms with Gasteiger partial charge in [0, 0.05) is 24.7 Å². The van der Waals surface area contributed by atoms with Crippen molar-refractivity contribution in [3.63, 3.8) is 0 Å². The van der Waals surface area contributed by atoms with Crippen molar-refractivity contribution in [2.75, 3.05) is 37.0 Å². The molecule has 0 aliphatic rings. The molecule has 0 aliphatic heterocycles. The molecule has 0 unspecified atom stereocenters. The summed E-state index contributed by atoms with van der Waals surface area (Å²) in [5.41, 5.74) is 0. The number of nitrogens with zero attached hydrogens (tertiary/aromatic N) is 1. The SMILES string of the molecule is CS(=O)(=O)CCN(CCBr)CC(F)(F)F. The number of hydrogen-bond donors (Lipinski definition) is 0. The first-order valence-electron chi connectivity index (χ1n) is 4.17. The first-order chi connectivity index (χ1) is 6.64. The fourth-order valence-electron chi connectivity index (χ4n) is 0.938. The predicted octanol–water partition coefficient (Wildman–Crippen LogP) is 1.29. The van der Waals surface area contributed by atoms with E-state index in [1.807, 2.05) is 0 Å². The highest BCUT2D eigenvalue weighted by atomic mass is 79.9. The standard InChI is InChI=1S/C7H13BrF3NO2S/c1-15(13,14)5-4-12(3-2-8)6-7(9,10)11/h2-6H2,1H3. The lowest BCUT2D eigenvalue weighted by atomic mass is 10.4. The number of alkyl halides is 4. The van der Waals surface area contributed by atoms with Gasteiger partial charge in [0.1, 0.15) is 9.84 Å². The van der Waals surface area contributed by atoms with Crippen LogP contribution in [0.3, 0.4) is 0 Å². The zero-order valence-corrected chi connectivity index (χ0v) is 10.6. The van der Waals surface area contributed by atoms with Gasteiger partial charge in [0.25, 0.3) is 0 Å². The molecule has 0 heterocycles. The molecule has 92 valence electrons. The molecule has 0 aromatic rings. The Balaban J connectivity index is 4.17. The third kappa shape index (κ3) is 10.5. The number of rotatable bonds is 6. The van der Waals surface area contributed by atoms with E-state index in [9.17, 15) is 21.6 Å². The van der Waals surface area contributed by atoms with E-state index in [0.717, 1.165) is 11.2 Å². The highest BCUT2D eigenvalue weighted by molar-refractivity contribution is 9.09. The van der Waals surface area contributed by atoms with E-state index in [0.29, 0.717) is 5.33 Å². The number of hydrogen-bond acceptors (Lipinski definition) is 3. The van der Waals surface area contributed by atoms with Gasteiger partial charge in [-0.2, -0.15) is 13.2 Å². The third-order valence-electron chi connectivity index (χ3n) is 1.58. The van der Waals surface area contributed by atoms with Gasteiger partial charge >= 0.3 is 6.18 Å². The fraction of sp³-hybridized carbons (Fsp3) is 1.00. The van der Waals surface area contributed by atoms with Crippen LogP contribution in [-0.4, -0.2) is 56.5 Å². The number of halogens is 4. The minimum atomic E-state index is -4.29. The molecule has 0 N–H and O–H groups in total. The van der Waals surface area contributed by atoms with Crippen LogP contribution in [0.4, 0.5) is 13.2 Å². The van der Waals surface area contributed by atoms with Crippen molar-refractivity contribution in [1.82, 2.24) is 4.90 Å². The van der Waals surface area contributed by atoms with Crippen molar-refractivity contribution in [1.29, 1.82) is 0 Å². The monoisotopic (exact) mass is 311 g/mol. The van der Waals surface area contributed by atoms with E-state index >= 15 is 0 Å². The second-order valence-electron chi connectivity index (χ2n) is 3.21. The molecule has 15 heavy (non-hydrogen) atoms. The highest BCUT2D eigenvalue weighted by Crippen LogP contribution is 2.16. The van der Waals surface area contributed by atoms with Crippen molar-refractivity contribution in [2.24, 2.45) is 0 Å². The van der Waals surface area contributed by atoms with Gasteiger partial charge in [0.2, 0.25) is 0 Å². The van der Waals surface area contributed by atoms with Gasteiger partial charge in [-0.3, -0.25) is 4.90 Å². The van der Waals surface area contributed by atoms with Gasteiger partial charge in [-0.15, -0.1) is 0 Å². The topological polar surface area (TPSA) is 37.4 Å². The van der Waals surface area contributed by atoms with Crippen LogP contribution in [0.2, 0.25) is 0 Å². The zero-order valence-electron chi connectivity index (χ0n) is 8.22. The molecule has 0 aromatic carbocycles. The van der Waals surface area contributed by atoms with Crippen molar-refractivity contribution in [3.05, 3.63) is 0 Å². The van der Waals surface area contributed by atoms with E-state index in [-0.39, 0.29) is 18.8 Å². The van der Waals surface area contributed by atoms with E-state index in [2.05, 4.69) is 15.9 Å². The number of sulfone groups is 1. The van der Waals surface area contributed by atoms with Crippen LogP contribution in [0, 0.1) is 0 Å². The molecule has 0 atom stereocenters.